The molecule has 0 bridgehead atoms. The minimum absolute atomic E-state index is 0.141. The van der Waals surface area contributed by atoms with Crippen LogP contribution in [-0.2, 0) is 9.53 Å². The molecule has 92 valence electrons. The van der Waals surface area contributed by atoms with E-state index in [1.54, 1.807) is 18.2 Å². The molecule has 1 fully saturated rings. The van der Waals surface area contributed by atoms with E-state index in [0.29, 0.717) is 23.9 Å². The maximum atomic E-state index is 12.0. The molecule has 0 aromatic heterocycles. The van der Waals surface area contributed by atoms with Gasteiger partial charge in [-0.05, 0) is 34.1 Å². The fraction of sp³-hybridized carbons (Fsp3) is 0.364. The molecule has 3 N–H and O–H groups in total. The molecule has 2 atom stereocenters. The van der Waals surface area contributed by atoms with E-state index in [0.717, 1.165) is 4.47 Å². The molecule has 0 radical (unpaired) electrons. The summed E-state index contributed by atoms with van der Waals surface area (Å²) in [5.74, 6) is -0.446. The summed E-state index contributed by atoms with van der Waals surface area (Å²) in [6.45, 7) is 0.792. The van der Waals surface area contributed by atoms with Crippen LogP contribution in [0.2, 0.25) is 5.02 Å². The molecule has 2 rings (SSSR count). The SMILES string of the molecule is NC1COCC1C(=O)Nc1cc(Cl)ccc1Br. The van der Waals surface area contributed by atoms with Gasteiger partial charge in [0.1, 0.15) is 0 Å². The first-order valence-corrected chi connectivity index (χ1v) is 6.34. The number of carbonyl (C=O) groups is 1. The number of nitrogens with one attached hydrogen (secondary N) is 1. The van der Waals surface area contributed by atoms with Crippen LogP contribution in [0.25, 0.3) is 0 Å². The zero-order valence-electron chi connectivity index (χ0n) is 8.95. The highest BCUT2D eigenvalue weighted by molar-refractivity contribution is 9.10. The van der Waals surface area contributed by atoms with Gasteiger partial charge >= 0.3 is 0 Å². The molecule has 1 aromatic carbocycles. The van der Waals surface area contributed by atoms with Gasteiger partial charge in [0.15, 0.2) is 0 Å². The second-order valence-electron chi connectivity index (χ2n) is 3.92. The molecule has 1 amide bonds. The Morgan fingerprint density at radius 2 is 2.29 bits per heavy atom. The van der Waals surface area contributed by atoms with E-state index in [4.69, 9.17) is 22.1 Å². The van der Waals surface area contributed by atoms with Crippen molar-refractivity contribution in [2.24, 2.45) is 11.7 Å². The molecule has 6 heteroatoms. The van der Waals surface area contributed by atoms with Gasteiger partial charge in [-0.2, -0.15) is 0 Å². The number of hydrogen-bond acceptors (Lipinski definition) is 3. The minimum Gasteiger partial charge on any atom is -0.379 e. The van der Waals surface area contributed by atoms with Crippen LogP contribution in [0, 0.1) is 5.92 Å². The van der Waals surface area contributed by atoms with E-state index >= 15 is 0 Å². The highest BCUT2D eigenvalue weighted by Gasteiger charge is 2.31. The third-order valence-corrected chi connectivity index (χ3v) is 3.57. The minimum atomic E-state index is -0.305. The zero-order chi connectivity index (χ0) is 12.4. The maximum Gasteiger partial charge on any atom is 0.231 e. The van der Waals surface area contributed by atoms with Gasteiger partial charge in [-0.25, -0.2) is 0 Å². The number of amides is 1. The van der Waals surface area contributed by atoms with Crippen LogP contribution in [0.4, 0.5) is 5.69 Å². The van der Waals surface area contributed by atoms with Gasteiger partial charge in [-0.3, -0.25) is 4.79 Å². The lowest BCUT2D eigenvalue weighted by Gasteiger charge is -2.14. The lowest BCUT2D eigenvalue weighted by atomic mass is 10.0. The first-order chi connectivity index (χ1) is 8.08. The number of anilines is 1. The average Bonchev–Trinajstić information content (AvgIpc) is 2.70. The third-order valence-electron chi connectivity index (χ3n) is 2.65. The van der Waals surface area contributed by atoms with Crippen LogP contribution in [0.1, 0.15) is 0 Å². The van der Waals surface area contributed by atoms with Crippen LogP contribution in [0.3, 0.4) is 0 Å². The Hall–Kier alpha value is -0.620. The Morgan fingerprint density at radius 1 is 1.53 bits per heavy atom. The quantitative estimate of drug-likeness (QED) is 0.876. The fourth-order valence-electron chi connectivity index (χ4n) is 1.66. The monoisotopic (exact) mass is 318 g/mol. The highest BCUT2D eigenvalue weighted by atomic mass is 79.9. The summed E-state index contributed by atoms with van der Waals surface area (Å²) in [6.07, 6.45) is 0. The normalized spacial score (nSPS) is 23.7. The van der Waals surface area contributed by atoms with Crippen molar-refractivity contribution in [3.05, 3.63) is 27.7 Å². The summed E-state index contributed by atoms with van der Waals surface area (Å²) >= 11 is 9.21. The van der Waals surface area contributed by atoms with E-state index in [1.807, 2.05) is 0 Å². The van der Waals surface area contributed by atoms with Gasteiger partial charge in [0.25, 0.3) is 0 Å². The van der Waals surface area contributed by atoms with Crippen molar-refractivity contribution in [1.82, 2.24) is 0 Å². The molecule has 17 heavy (non-hydrogen) atoms. The van der Waals surface area contributed by atoms with E-state index in [-0.39, 0.29) is 17.9 Å². The van der Waals surface area contributed by atoms with E-state index in [1.165, 1.54) is 0 Å². The summed E-state index contributed by atoms with van der Waals surface area (Å²) in [7, 11) is 0. The second kappa shape index (κ2) is 5.35. The lowest BCUT2D eigenvalue weighted by Crippen LogP contribution is -2.37. The molecule has 2 unspecified atom stereocenters. The van der Waals surface area contributed by atoms with Crippen LogP contribution < -0.4 is 11.1 Å². The Kier molecular flexibility index (Phi) is 4.04. The van der Waals surface area contributed by atoms with Gasteiger partial charge in [-0.15, -0.1) is 0 Å². The Bertz CT molecular complexity index is 441. The predicted octanol–water partition coefficient (Wildman–Crippen LogP) is 2.01. The summed E-state index contributed by atoms with van der Waals surface area (Å²) in [4.78, 5) is 12.0. The molecule has 1 saturated heterocycles. The van der Waals surface area contributed by atoms with Crippen LogP contribution in [0.15, 0.2) is 22.7 Å². The summed E-state index contributed by atoms with van der Waals surface area (Å²) in [5, 5.41) is 3.36. The summed E-state index contributed by atoms with van der Waals surface area (Å²) in [6, 6.07) is 4.97. The molecular weight excluding hydrogens is 307 g/mol. The van der Waals surface area contributed by atoms with Crippen LogP contribution in [0.5, 0.6) is 0 Å². The Labute approximate surface area is 113 Å². The fourth-order valence-corrected chi connectivity index (χ4v) is 2.18. The molecule has 0 saturated carbocycles. The number of benzene rings is 1. The van der Waals surface area contributed by atoms with Crippen molar-refractivity contribution in [2.75, 3.05) is 18.5 Å². The molecule has 0 spiro atoms. The Morgan fingerprint density at radius 3 is 2.94 bits per heavy atom. The van der Waals surface area contributed by atoms with E-state index in [9.17, 15) is 4.79 Å². The predicted molar refractivity (Wildman–Crippen MR) is 70.1 cm³/mol. The van der Waals surface area contributed by atoms with Crippen molar-refractivity contribution in [2.45, 2.75) is 6.04 Å². The highest BCUT2D eigenvalue weighted by Crippen LogP contribution is 2.27. The topological polar surface area (TPSA) is 64.3 Å². The molecule has 1 aromatic rings. The van der Waals surface area contributed by atoms with Crippen LogP contribution >= 0.6 is 27.5 Å². The number of ether oxygens (including phenoxy) is 1. The van der Waals surface area contributed by atoms with Crippen molar-refractivity contribution in [1.29, 1.82) is 0 Å². The first kappa shape index (κ1) is 12.8. The zero-order valence-corrected chi connectivity index (χ0v) is 11.3. The summed E-state index contributed by atoms with van der Waals surface area (Å²) < 4.78 is 5.94. The van der Waals surface area contributed by atoms with Gasteiger partial charge in [-0.1, -0.05) is 11.6 Å². The van der Waals surface area contributed by atoms with Gasteiger partial charge in [0.05, 0.1) is 24.8 Å². The molecule has 1 heterocycles. The summed E-state index contributed by atoms with van der Waals surface area (Å²) in [5.41, 5.74) is 6.42. The van der Waals surface area contributed by atoms with Crippen LogP contribution in [-0.4, -0.2) is 25.2 Å². The van der Waals surface area contributed by atoms with Gasteiger partial charge in [0, 0.05) is 15.5 Å². The maximum absolute atomic E-state index is 12.0. The van der Waals surface area contributed by atoms with E-state index < -0.39 is 0 Å². The van der Waals surface area contributed by atoms with E-state index in [2.05, 4.69) is 21.2 Å². The van der Waals surface area contributed by atoms with Crippen molar-refractivity contribution >= 4 is 39.1 Å². The Balaban J connectivity index is 2.10. The van der Waals surface area contributed by atoms with Crippen molar-refractivity contribution < 1.29 is 9.53 Å². The molecular formula is C11H12BrClN2O2. The average molecular weight is 320 g/mol. The molecule has 1 aliphatic heterocycles. The van der Waals surface area contributed by atoms with Gasteiger partial charge in [0.2, 0.25) is 5.91 Å². The number of hydrogen-bond donors (Lipinski definition) is 2. The molecule has 0 aliphatic carbocycles. The largest absolute Gasteiger partial charge is 0.379 e. The third kappa shape index (κ3) is 2.98. The first-order valence-electron chi connectivity index (χ1n) is 5.17. The number of nitrogens with two attached hydrogens (primary N) is 1. The van der Waals surface area contributed by atoms with Crippen molar-refractivity contribution in [3.63, 3.8) is 0 Å². The lowest BCUT2D eigenvalue weighted by molar-refractivity contribution is -0.120. The van der Waals surface area contributed by atoms with Gasteiger partial charge < -0.3 is 15.8 Å². The second-order valence-corrected chi connectivity index (χ2v) is 5.21. The number of rotatable bonds is 2. The number of carbonyl (C=O) groups excluding carboxylic acids is 1. The van der Waals surface area contributed by atoms with Crippen molar-refractivity contribution in [3.8, 4) is 0 Å². The smallest absolute Gasteiger partial charge is 0.231 e. The molecule has 1 aliphatic rings. The number of halogens is 2. The molecule has 4 nitrogen and oxygen atoms in total. The standard InChI is InChI=1S/C11H12BrClN2O2/c12-8-2-1-6(13)3-10(8)15-11(16)7-4-17-5-9(7)14/h1-3,7,9H,4-5,14H2,(H,15,16).